The fourth-order valence-electron chi connectivity index (χ4n) is 1.96. The quantitative estimate of drug-likeness (QED) is 0.827. The van der Waals surface area contributed by atoms with Gasteiger partial charge < -0.3 is 5.32 Å². The molecule has 8 heteroatoms. The van der Waals surface area contributed by atoms with Gasteiger partial charge in [-0.25, -0.2) is 8.42 Å². The van der Waals surface area contributed by atoms with Gasteiger partial charge in [-0.2, -0.15) is 4.31 Å². The van der Waals surface area contributed by atoms with Crippen molar-refractivity contribution in [3.8, 4) is 0 Å². The molecule has 0 radical (unpaired) electrons. The Morgan fingerprint density at radius 2 is 2.04 bits per heavy atom. The van der Waals surface area contributed by atoms with Crippen LogP contribution in [0.2, 0.25) is 5.02 Å². The summed E-state index contributed by atoms with van der Waals surface area (Å²) in [5.74, 6) is -0.405. The Kier molecular flexibility index (Phi) is 6.03. The third-order valence-electron chi connectivity index (χ3n) is 3.59. The lowest BCUT2D eigenvalue weighted by Crippen LogP contribution is -2.33. The molecule has 24 heavy (non-hydrogen) atoms. The largest absolute Gasteiger partial charge is 0.347 e. The summed E-state index contributed by atoms with van der Waals surface area (Å²) in [6, 6.07) is 7.77. The van der Waals surface area contributed by atoms with Gasteiger partial charge in [0.05, 0.1) is 22.0 Å². The van der Waals surface area contributed by atoms with Gasteiger partial charge in [0, 0.05) is 18.0 Å². The Balaban J connectivity index is 2.26. The van der Waals surface area contributed by atoms with Crippen molar-refractivity contribution in [3.63, 3.8) is 0 Å². The number of thiophene rings is 1. The van der Waals surface area contributed by atoms with Crippen molar-refractivity contribution in [1.82, 2.24) is 9.62 Å². The zero-order valence-corrected chi connectivity index (χ0v) is 16.0. The second-order valence-electron chi connectivity index (χ2n) is 5.52. The summed E-state index contributed by atoms with van der Waals surface area (Å²) in [5, 5.41) is 4.88. The molecule has 1 heterocycles. The van der Waals surface area contributed by atoms with E-state index in [-0.39, 0.29) is 21.5 Å². The lowest BCUT2D eigenvalue weighted by Gasteiger charge is -2.21. The van der Waals surface area contributed by atoms with Crippen LogP contribution in [0.15, 0.2) is 40.6 Å². The molecule has 130 valence electrons. The monoisotopic (exact) mass is 386 g/mol. The number of halogens is 1. The molecule has 0 fully saturated rings. The summed E-state index contributed by atoms with van der Waals surface area (Å²) in [4.78, 5) is 13.4. The van der Waals surface area contributed by atoms with Crippen LogP contribution in [0.4, 0.5) is 0 Å². The van der Waals surface area contributed by atoms with Gasteiger partial charge in [-0.15, -0.1) is 11.3 Å². The molecule has 0 unspecified atom stereocenters. The number of amides is 1. The van der Waals surface area contributed by atoms with Crippen molar-refractivity contribution >= 4 is 38.9 Å². The van der Waals surface area contributed by atoms with E-state index >= 15 is 0 Å². The zero-order chi connectivity index (χ0) is 17.9. The average Bonchev–Trinajstić information content (AvgIpc) is 3.05. The number of hydrogen-bond acceptors (Lipinski definition) is 4. The zero-order valence-electron chi connectivity index (χ0n) is 13.6. The number of nitrogens with zero attached hydrogens (tertiary/aromatic N) is 1. The normalized spacial score (nSPS) is 11.9. The van der Waals surface area contributed by atoms with Crippen LogP contribution in [0.3, 0.4) is 0 Å². The minimum atomic E-state index is -3.67. The van der Waals surface area contributed by atoms with Crippen LogP contribution in [-0.4, -0.2) is 31.7 Å². The Morgan fingerprint density at radius 3 is 2.62 bits per heavy atom. The highest BCUT2D eigenvalue weighted by Gasteiger charge is 2.25. The molecule has 2 rings (SSSR count). The summed E-state index contributed by atoms with van der Waals surface area (Å²) >= 11 is 7.61. The summed E-state index contributed by atoms with van der Waals surface area (Å²) in [5.41, 5.74) is 0.145. The maximum absolute atomic E-state index is 12.6. The highest BCUT2D eigenvalue weighted by atomic mass is 35.5. The molecular formula is C16H19ClN2O3S2. The molecular weight excluding hydrogens is 368 g/mol. The molecule has 0 bridgehead atoms. The minimum absolute atomic E-state index is 0.0457. The topological polar surface area (TPSA) is 66.5 Å². The van der Waals surface area contributed by atoms with Gasteiger partial charge in [0.2, 0.25) is 10.0 Å². The number of rotatable bonds is 6. The molecule has 0 saturated carbocycles. The molecule has 0 atom stereocenters. The van der Waals surface area contributed by atoms with Crippen molar-refractivity contribution in [2.24, 2.45) is 0 Å². The third kappa shape index (κ3) is 4.16. The van der Waals surface area contributed by atoms with Gasteiger partial charge in [0.1, 0.15) is 0 Å². The van der Waals surface area contributed by atoms with Crippen molar-refractivity contribution in [1.29, 1.82) is 0 Å². The van der Waals surface area contributed by atoms with E-state index < -0.39 is 15.9 Å². The first kappa shape index (κ1) is 18.9. The van der Waals surface area contributed by atoms with E-state index in [0.717, 1.165) is 4.88 Å². The van der Waals surface area contributed by atoms with Gasteiger partial charge in [0.25, 0.3) is 5.91 Å². The number of sulfonamides is 1. The number of nitrogens with one attached hydrogen (secondary N) is 1. The molecule has 0 aliphatic rings. The molecule has 1 aromatic carbocycles. The van der Waals surface area contributed by atoms with Crippen molar-refractivity contribution in [2.45, 2.75) is 31.3 Å². The molecule has 0 saturated heterocycles. The highest BCUT2D eigenvalue weighted by Crippen LogP contribution is 2.23. The highest BCUT2D eigenvalue weighted by molar-refractivity contribution is 7.89. The second kappa shape index (κ2) is 7.65. The molecule has 2 aromatic rings. The Morgan fingerprint density at radius 1 is 1.33 bits per heavy atom. The lowest BCUT2D eigenvalue weighted by molar-refractivity contribution is 0.0951. The van der Waals surface area contributed by atoms with E-state index in [1.165, 1.54) is 40.9 Å². The van der Waals surface area contributed by atoms with Crippen molar-refractivity contribution in [2.75, 3.05) is 7.05 Å². The number of carbonyl (C=O) groups excluding carboxylic acids is 1. The van der Waals surface area contributed by atoms with Gasteiger partial charge in [-0.3, -0.25) is 4.79 Å². The van der Waals surface area contributed by atoms with E-state index in [9.17, 15) is 13.2 Å². The van der Waals surface area contributed by atoms with Gasteiger partial charge >= 0.3 is 0 Å². The molecule has 0 spiro atoms. The molecule has 5 nitrogen and oxygen atoms in total. The average molecular weight is 387 g/mol. The van der Waals surface area contributed by atoms with E-state index in [0.29, 0.717) is 6.54 Å². The molecule has 0 aliphatic heterocycles. The molecule has 1 amide bonds. The molecule has 0 aliphatic carbocycles. The van der Waals surface area contributed by atoms with Gasteiger partial charge in [-0.1, -0.05) is 17.7 Å². The number of benzene rings is 1. The van der Waals surface area contributed by atoms with Crippen LogP contribution in [0.1, 0.15) is 29.1 Å². The van der Waals surface area contributed by atoms with Crippen LogP contribution < -0.4 is 5.32 Å². The number of carbonyl (C=O) groups is 1. The van der Waals surface area contributed by atoms with E-state index in [1.807, 2.05) is 17.5 Å². The fourth-order valence-corrected chi connectivity index (χ4v) is 4.20. The maximum atomic E-state index is 12.6. The molecule has 1 N–H and O–H groups in total. The minimum Gasteiger partial charge on any atom is -0.347 e. The van der Waals surface area contributed by atoms with Gasteiger partial charge in [-0.05, 0) is 43.5 Å². The van der Waals surface area contributed by atoms with E-state index in [2.05, 4.69) is 5.32 Å². The summed E-state index contributed by atoms with van der Waals surface area (Å²) < 4.78 is 26.4. The SMILES string of the molecule is CC(C)N(C)S(=O)(=O)c1ccc(Cl)c(C(=O)NCc2cccs2)c1. The molecule has 1 aromatic heterocycles. The standard InChI is InChI=1S/C16H19ClN2O3S2/c1-11(2)19(3)24(21,22)13-6-7-15(17)14(9-13)16(20)18-10-12-5-4-8-23-12/h4-9,11H,10H2,1-3H3,(H,18,20). The first-order chi connectivity index (χ1) is 11.2. The maximum Gasteiger partial charge on any atom is 0.253 e. The van der Waals surface area contributed by atoms with Crippen LogP contribution in [0, 0.1) is 0 Å². The number of hydrogen-bond donors (Lipinski definition) is 1. The van der Waals surface area contributed by atoms with Crippen molar-refractivity contribution in [3.05, 3.63) is 51.2 Å². The predicted octanol–water partition coefficient (Wildman–Crippen LogP) is 3.36. The van der Waals surface area contributed by atoms with Gasteiger partial charge in [0.15, 0.2) is 0 Å². The van der Waals surface area contributed by atoms with Crippen LogP contribution in [0.5, 0.6) is 0 Å². The van der Waals surface area contributed by atoms with E-state index in [1.54, 1.807) is 13.8 Å². The fraction of sp³-hybridized carbons (Fsp3) is 0.312. The Bertz CT molecular complexity index is 818. The van der Waals surface area contributed by atoms with Crippen LogP contribution in [-0.2, 0) is 16.6 Å². The van der Waals surface area contributed by atoms with Crippen LogP contribution >= 0.6 is 22.9 Å². The first-order valence-electron chi connectivity index (χ1n) is 7.31. The predicted molar refractivity (Wildman–Crippen MR) is 97.0 cm³/mol. The summed E-state index contributed by atoms with van der Waals surface area (Å²) in [6.45, 7) is 3.93. The smallest absolute Gasteiger partial charge is 0.253 e. The second-order valence-corrected chi connectivity index (χ2v) is 8.96. The van der Waals surface area contributed by atoms with Crippen molar-refractivity contribution < 1.29 is 13.2 Å². The first-order valence-corrected chi connectivity index (χ1v) is 10.0. The summed E-state index contributed by atoms with van der Waals surface area (Å²) in [6.07, 6.45) is 0. The van der Waals surface area contributed by atoms with Crippen LogP contribution in [0.25, 0.3) is 0 Å². The summed E-state index contributed by atoms with van der Waals surface area (Å²) in [7, 11) is -2.17. The third-order valence-corrected chi connectivity index (χ3v) is 6.83. The Hall–Kier alpha value is -1.41. The Labute approximate surface area is 151 Å². The lowest BCUT2D eigenvalue weighted by atomic mass is 10.2. The van der Waals surface area contributed by atoms with E-state index in [4.69, 9.17) is 11.6 Å².